The van der Waals surface area contributed by atoms with E-state index >= 15 is 0 Å². The molecule has 0 unspecified atom stereocenters. The monoisotopic (exact) mass is 323 g/mol. The van der Waals surface area contributed by atoms with Gasteiger partial charge in [-0.05, 0) is 36.1 Å². The van der Waals surface area contributed by atoms with Crippen molar-refractivity contribution < 1.29 is 8.42 Å². The summed E-state index contributed by atoms with van der Waals surface area (Å²) in [5.74, 6) is 0.475. The van der Waals surface area contributed by atoms with Gasteiger partial charge in [-0.3, -0.25) is 0 Å². The summed E-state index contributed by atoms with van der Waals surface area (Å²) < 4.78 is 22.9. The molecule has 1 heterocycles. The molecule has 2 rings (SSSR count). The Morgan fingerprint density at radius 3 is 2.33 bits per heavy atom. The highest BCUT2D eigenvalue weighted by atomic mass is 32.2. The van der Waals surface area contributed by atoms with E-state index in [1.54, 1.807) is 23.5 Å². The largest absolute Gasteiger partial charge is 0.310 e. The predicted molar refractivity (Wildman–Crippen MR) is 88.7 cm³/mol. The van der Waals surface area contributed by atoms with Crippen LogP contribution in [0.1, 0.15) is 36.2 Å². The third-order valence-corrected chi connectivity index (χ3v) is 5.80. The second-order valence-electron chi connectivity index (χ2n) is 5.39. The van der Waals surface area contributed by atoms with E-state index in [4.69, 9.17) is 0 Å². The van der Waals surface area contributed by atoms with Gasteiger partial charge >= 0.3 is 0 Å². The summed E-state index contributed by atoms with van der Waals surface area (Å²) in [6.45, 7) is 5.20. The summed E-state index contributed by atoms with van der Waals surface area (Å²) in [5.41, 5.74) is 1.10. The fourth-order valence-electron chi connectivity index (χ4n) is 2.15. The van der Waals surface area contributed by atoms with Crippen LogP contribution in [0, 0.1) is 0 Å². The van der Waals surface area contributed by atoms with Crippen molar-refractivity contribution in [3.8, 4) is 0 Å². The smallest absolute Gasteiger partial charge is 0.175 e. The molecule has 1 aromatic carbocycles. The maximum atomic E-state index is 11.4. The van der Waals surface area contributed by atoms with Crippen molar-refractivity contribution in [1.29, 1.82) is 0 Å². The lowest BCUT2D eigenvalue weighted by atomic mass is 10.1. The SMILES string of the molecule is C[C@H](NC[C@H](C)c1cccs1)c1ccc(S(C)(=O)=O)cc1. The Morgan fingerprint density at radius 1 is 1.14 bits per heavy atom. The van der Waals surface area contributed by atoms with Gasteiger partial charge < -0.3 is 5.32 Å². The van der Waals surface area contributed by atoms with Crippen molar-refractivity contribution >= 4 is 21.2 Å². The number of nitrogens with one attached hydrogen (secondary N) is 1. The lowest BCUT2D eigenvalue weighted by molar-refractivity contribution is 0.540. The number of sulfone groups is 1. The predicted octanol–water partition coefficient (Wildman–Crippen LogP) is 3.61. The van der Waals surface area contributed by atoms with Gasteiger partial charge in [0, 0.05) is 29.6 Å². The van der Waals surface area contributed by atoms with Crippen LogP contribution in [0.15, 0.2) is 46.7 Å². The molecule has 0 radical (unpaired) electrons. The Labute approximate surface area is 130 Å². The summed E-state index contributed by atoms with van der Waals surface area (Å²) in [4.78, 5) is 1.74. The van der Waals surface area contributed by atoms with Gasteiger partial charge in [-0.2, -0.15) is 0 Å². The standard InChI is InChI=1S/C16H21NO2S2/c1-12(16-5-4-10-20-16)11-17-13(2)14-6-8-15(9-7-14)21(3,18)19/h4-10,12-13,17H,11H2,1-3H3/t12-,13-/m0/s1. The lowest BCUT2D eigenvalue weighted by Crippen LogP contribution is -2.23. The Morgan fingerprint density at radius 2 is 1.81 bits per heavy atom. The molecule has 0 aliphatic carbocycles. The molecule has 0 saturated carbocycles. The van der Waals surface area contributed by atoms with Crippen molar-refractivity contribution in [3.05, 3.63) is 52.2 Å². The number of hydrogen-bond donors (Lipinski definition) is 1. The first-order valence-electron chi connectivity index (χ1n) is 6.94. The molecule has 2 aromatic rings. The summed E-state index contributed by atoms with van der Waals surface area (Å²) in [6, 6.07) is 11.5. The van der Waals surface area contributed by atoms with Gasteiger partial charge in [0.2, 0.25) is 0 Å². The van der Waals surface area contributed by atoms with E-state index in [-0.39, 0.29) is 6.04 Å². The second-order valence-corrected chi connectivity index (χ2v) is 8.38. The average Bonchev–Trinajstić information content (AvgIpc) is 2.98. The highest BCUT2D eigenvalue weighted by Gasteiger charge is 2.11. The number of thiophene rings is 1. The van der Waals surface area contributed by atoms with E-state index in [1.165, 1.54) is 11.1 Å². The molecule has 2 atom stereocenters. The summed E-state index contributed by atoms with van der Waals surface area (Å²) in [6.07, 6.45) is 1.23. The fourth-order valence-corrected chi connectivity index (χ4v) is 3.56. The van der Waals surface area contributed by atoms with Crippen LogP contribution < -0.4 is 5.32 Å². The van der Waals surface area contributed by atoms with E-state index in [0.29, 0.717) is 10.8 Å². The van der Waals surface area contributed by atoms with E-state index in [0.717, 1.165) is 12.1 Å². The molecule has 5 heteroatoms. The maximum absolute atomic E-state index is 11.4. The highest BCUT2D eigenvalue weighted by Crippen LogP contribution is 2.21. The zero-order valence-electron chi connectivity index (χ0n) is 12.5. The highest BCUT2D eigenvalue weighted by molar-refractivity contribution is 7.90. The molecular formula is C16H21NO2S2. The van der Waals surface area contributed by atoms with E-state index in [2.05, 4.69) is 36.7 Å². The molecule has 0 aliphatic heterocycles. The minimum atomic E-state index is -3.12. The number of rotatable bonds is 6. The Bertz CT molecular complexity index is 661. The molecular weight excluding hydrogens is 302 g/mol. The average molecular weight is 323 g/mol. The molecule has 0 aliphatic rings. The van der Waals surface area contributed by atoms with Crippen LogP contribution in [-0.2, 0) is 9.84 Å². The van der Waals surface area contributed by atoms with Crippen LogP contribution in [-0.4, -0.2) is 21.2 Å². The molecule has 1 N–H and O–H groups in total. The molecule has 0 saturated heterocycles. The third kappa shape index (κ3) is 4.40. The van der Waals surface area contributed by atoms with E-state index in [1.807, 2.05) is 12.1 Å². The van der Waals surface area contributed by atoms with Crippen molar-refractivity contribution in [2.45, 2.75) is 30.7 Å². The first-order valence-corrected chi connectivity index (χ1v) is 9.72. The van der Waals surface area contributed by atoms with Crippen molar-refractivity contribution in [1.82, 2.24) is 5.32 Å². The number of hydrogen-bond acceptors (Lipinski definition) is 4. The zero-order valence-corrected chi connectivity index (χ0v) is 14.2. The van der Waals surface area contributed by atoms with E-state index < -0.39 is 9.84 Å². The molecule has 21 heavy (non-hydrogen) atoms. The Balaban J connectivity index is 1.96. The van der Waals surface area contributed by atoms with Gasteiger partial charge in [0.05, 0.1) is 4.90 Å². The quantitative estimate of drug-likeness (QED) is 0.883. The molecule has 0 spiro atoms. The van der Waals surface area contributed by atoms with Gasteiger partial charge in [0.25, 0.3) is 0 Å². The Hall–Kier alpha value is -1.17. The zero-order chi connectivity index (χ0) is 15.5. The van der Waals surface area contributed by atoms with Crippen molar-refractivity contribution in [2.24, 2.45) is 0 Å². The lowest BCUT2D eigenvalue weighted by Gasteiger charge is -2.17. The van der Waals surface area contributed by atoms with Crippen LogP contribution in [0.4, 0.5) is 0 Å². The van der Waals surface area contributed by atoms with Crippen LogP contribution in [0.25, 0.3) is 0 Å². The molecule has 1 aromatic heterocycles. The minimum Gasteiger partial charge on any atom is -0.310 e. The van der Waals surface area contributed by atoms with Crippen LogP contribution in [0.3, 0.4) is 0 Å². The molecule has 0 fully saturated rings. The molecule has 3 nitrogen and oxygen atoms in total. The first-order chi connectivity index (χ1) is 9.88. The topological polar surface area (TPSA) is 46.2 Å². The first kappa shape index (κ1) is 16.2. The van der Waals surface area contributed by atoms with Gasteiger partial charge in [-0.25, -0.2) is 8.42 Å². The van der Waals surface area contributed by atoms with Gasteiger partial charge in [-0.1, -0.05) is 25.1 Å². The fraction of sp³-hybridized carbons (Fsp3) is 0.375. The third-order valence-electron chi connectivity index (χ3n) is 3.57. The van der Waals surface area contributed by atoms with Gasteiger partial charge in [0.1, 0.15) is 0 Å². The van der Waals surface area contributed by atoms with Crippen LogP contribution in [0.5, 0.6) is 0 Å². The van der Waals surface area contributed by atoms with Gasteiger partial charge in [0.15, 0.2) is 9.84 Å². The second kappa shape index (κ2) is 6.73. The van der Waals surface area contributed by atoms with Crippen LogP contribution in [0.2, 0.25) is 0 Å². The normalized spacial score (nSPS) is 14.8. The molecule has 0 amide bonds. The number of benzene rings is 1. The van der Waals surface area contributed by atoms with Crippen molar-refractivity contribution in [3.63, 3.8) is 0 Å². The molecule has 114 valence electrons. The van der Waals surface area contributed by atoms with Crippen LogP contribution >= 0.6 is 11.3 Å². The Kier molecular flexibility index (Phi) is 5.19. The minimum absolute atomic E-state index is 0.195. The summed E-state index contributed by atoms with van der Waals surface area (Å²) in [5, 5.41) is 5.60. The summed E-state index contributed by atoms with van der Waals surface area (Å²) >= 11 is 1.78. The molecule has 0 bridgehead atoms. The summed E-state index contributed by atoms with van der Waals surface area (Å²) in [7, 11) is -3.12. The maximum Gasteiger partial charge on any atom is 0.175 e. The van der Waals surface area contributed by atoms with E-state index in [9.17, 15) is 8.42 Å². The van der Waals surface area contributed by atoms with Gasteiger partial charge in [-0.15, -0.1) is 11.3 Å². The van der Waals surface area contributed by atoms with Crippen molar-refractivity contribution in [2.75, 3.05) is 12.8 Å².